The third-order valence-electron chi connectivity index (χ3n) is 2.06. The van der Waals surface area contributed by atoms with Crippen LogP contribution in [0.2, 0.25) is 0 Å². The standard InChI is InChI=1S/C9H9NO5/c11-5-9(6-14-9)15-8-3-1-7(2-4-8)10(12)13/h1-4,11H,5-6H2/t9-/m0/s1. The number of non-ortho nitro benzene ring substituents is 1. The molecule has 1 fully saturated rings. The molecule has 0 radical (unpaired) electrons. The molecule has 6 nitrogen and oxygen atoms in total. The van der Waals surface area contributed by atoms with Gasteiger partial charge in [0.05, 0.1) is 4.92 Å². The molecule has 1 saturated heterocycles. The molecule has 2 rings (SSSR count). The molecule has 0 saturated carbocycles. The third kappa shape index (κ3) is 2.05. The van der Waals surface area contributed by atoms with Gasteiger partial charge >= 0.3 is 0 Å². The van der Waals surface area contributed by atoms with Crippen LogP contribution in [0.4, 0.5) is 5.69 Å². The van der Waals surface area contributed by atoms with Crippen LogP contribution in [0.15, 0.2) is 24.3 Å². The predicted octanol–water partition coefficient (Wildman–Crippen LogP) is 0.692. The van der Waals surface area contributed by atoms with Gasteiger partial charge in [0.15, 0.2) is 0 Å². The fourth-order valence-electron chi connectivity index (χ4n) is 1.11. The van der Waals surface area contributed by atoms with Crippen molar-refractivity contribution in [1.82, 2.24) is 0 Å². The maximum atomic E-state index is 10.4. The zero-order chi connectivity index (χ0) is 10.9. The maximum Gasteiger partial charge on any atom is 0.269 e. The molecule has 0 amide bonds. The van der Waals surface area contributed by atoms with Crippen LogP contribution in [0.1, 0.15) is 0 Å². The summed E-state index contributed by atoms with van der Waals surface area (Å²) in [5.41, 5.74) is -0.00267. The van der Waals surface area contributed by atoms with Crippen molar-refractivity contribution in [3.63, 3.8) is 0 Å². The Hall–Kier alpha value is -1.66. The largest absolute Gasteiger partial charge is 0.457 e. The van der Waals surface area contributed by atoms with Gasteiger partial charge in [0.1, 0.15) is 19.0 Å². The summed E-state index contributed by atoms with van der Waals surface area (Å²) in [5.74, 6) is -0.497. The lowest BCUT2D eigenvalue weighted by Crippen LogP contribution is -2.24. The Balaban J connectivity index is 2.07. The Morgan fingerprint density at radius 1 is 1.53 bits per heavy atom. The van der Waals surface area contributed by atoms with Crippen molar-refractivity contribution in [3.8, 4) is 5.75 Å². The number of nitro groups is 1. The maximum absolute atomic E-state index is 10.4. The first-order valence-electron chi connectivity index (χ1n) is 4.33. The van der Waals surface area contributed by atoms with Gasteiger partial charge in [-0.3, -0.25) is 10.1 Å². The molecule has 80 valence electrons. The lowest BCUT2D eigenvalue weighted by Gasteiger charge is -2.11. The molecule has 0 unspecified atom stereocenters. The quantitative estimate of drug-likeness (QED) is 0.450. The van der Waals surface area contributed by atoms with Gasteiger partial charge in [-0.05, 0) is 12.1 Å². The molecule has 1 aliphatic rings. The van der Waals surface area contributed by atoms with Gasteiger partial charge in [-0.2, -0.15) is 0 Å². The molecule has 1 heterocycles. The second-order valence-electron chi connectivity index (χ2n) is 3.21. The van der Waals surface area contributed by atoms with Crippen LogP contribution in [0, 0.1) is 10.1 Å². The highest BCUT2D eigenvalue weighted by molar-refractivity contribution is 5.36. The van der Waals surface area contributed by atoms with Crippen LogP contribution in [0.5, 0.6) is 5.75 Å². The van der Waals surface area contributed by atoms with Crippen molar-refractivity contribution < 1.29 is 19.5 Å². The summed E-state index contributed by atoms with van der Waals surface area (Å²) in [6.07, 6.45) is 0. The van der Waals surface area contributed by atoms with E-state index in [1.165, 1.54) is 24.3 Å². The van der Waals surface area contributed by atoms with E-state index in [0.717, 1.165) is 0 Å². The van der Waals surface area contributed by atoms with E-state index in [9.17, 15) is 10.1 Å². The lowest BCUT2D eigenvalue weighted by atomic mass is 10.3. The fourth-order valence-corrected chi connectivity index (χ4v) is 1.11. The molecule has 1 aliphatic heterocycles. The number of hydrogen-bond acceptors (Lipinski definition) is 5. The van der Waals surface area contributed by atoms with Gasteiger partial charge in [0, 0.05) is 12.1 Å². The van der Waals surface area contributed by atoms with Crippen LogP contribution in [0.25, 0.3) is 0 Å². The van der Waals surface area contributed by atoms with Crippen LogP contribution in [-0.4, -0.2) is 29.0 Å². The first kappa shape index (κ1) is 9.88. The predicted molar refractivity (Wildman–Crippen MR) is 49.5 cm³/mol. The molecular weight excluding hydrogens is 202 g/mol. The molecule has 0 bridgehead atoms. The molecule has 6 heteroatoms. The molecular formula is C9H9NO5. The summed E-state index contributed by atoms with van der Waals surface area (Å²) in [6, 6.07) is 5.61. The minimum absolute atomic E-state index is 0.00267. The summed E-state index contributed by atoms with van der Waals surface area (Å²) in [6.45, 7) is 0.102. The van der Waals surface area contributed by atoms with E-state index in [2.05, 4.69) is 0 Å². The molecule has 0 aliphatic carbocycles. The van der Waals surface area contributed by atoms with Gasteiger partial charge in [0.25, 0.3) is 11.5 Å². The number of ether oxygens (including phenoxy) is 2. The summed E-state index contributed by atoms with van der Waals surface area (Å²) in [7, 11) is 0. The summed E-state index contributed by atoms with van der Waals surface area (Å²) in [4.78, 5) is 9.88. The number of aliphatic hydroxyl groups is 1. The number of benzene rings is 1. The Bertz CT molecular complexity index is 371. The first-order chi connectivity index (χ1) is 7.15. The number of hydrogen-bond donors (Lipinski definition) is 1. The highest BCUT2D eigenvalue weighted by Crippen LogP contribution is 2.30. The number of aliphatic hydroxyl groups excluding tert-OH is 1. The zero-order valence-electron chi connectivity index (χ0n) is 7.75. The minimum atomic E-state index is -0.934. The highest BCUT2D eigenvalue weighted by Gasteiger charge is 2.47. The van der Waals surface area contributed by atoms with Crippen molar-refractivity contribution in [2.75, 3.05) is 13.2 Å². The Morgan fingerprint density at radius 2 is 2.13 bits per heavy atom. The van der Waals surface area contributed by atoms with E-state index in [0.29, 0.717) is 12.4 Å². The van der Waals surface area contributed by atoms with Crippen molar-refractivity contribution in [3.05, 3.63) is 34.4 Å². The zero-order valence-corrected chi connectivity index (χ0v) is 7.75. The topological polar surface area (TPSA) is 85.1 Å². The third-order valence-corrected chi connectivity index (χ3v) is 2.06. The van der Waals surface area contributed by atoms with Crippen molar-refractivity contribution in [2.45, 2.75) is 5.79 Å². The van der Waals surface area contributed by atoms with Gasteiger partial charge in [-0.25, -0.2) is 0 Å². The lowest BCUT2D eigenvalue weighted by molar-refractivity contribution is -0.384. The monoisotopic (exact) mass is 211 g/mol. The van der Waals surface area contributed by atoms with Crippen molar-refractivity contribution in [2.24, 2.45) is 0 Å². The molecule has 1 aromatic rings. The molecule has 15 heavy (non-hydrogen) atoms. The summed E-state index contributed by atoms with van der Waals surface area (Å²) in [5, 5.41) is 19.3. The van der Waals surface area contributed by atoms with Crippen LogP contribution in [-0.2, 0) is 4.74 Å². The average molecular weight is 211 g/mol. The normalized spacial score (nSPS) is 23.5. The number of epoxide rings is 1. The average Bonchev–Trinajstić information content (AvgIpc) is 2.99. The second-order valence-corrected chi connectivity index (χ2v) is 3.21. The smallest absolute Gasteiger partial charge is 0.269 e. The Kier molecular flexibility index (Phi) is 2.29. The van der Waals surface area contributed by atoms with E-state index in [4.69, 9.17) is 14.6 Å². The Morgan fingerprint density at radius 3 is 2.53 bits per heavy atom. The minimum Gasteiger partial charge on any atom is -0.457 e. The van der Waals surface area contributed by atoms with Crippen LogP contribution in [0.3, 0.4) is 0 Å². The first-order valence-corrected chi connectivity index (χ1v) is 4.33. The van der Waals surface area contributed by atoms with Gasteiger partial charge in [0.2, 0.25) is 0 Å². The number of nitro benzene ring substituents is 1. The van der Waals surface area contributed by atoms with E-state index >= 15 is 0 Å². The molecule has 0 spiro atoms. The van der Waals surface area contributed by atoms with E-state index in [1.54, 1.807) is 0 Å². The van der Waals surface area contributed by atoms with Gasteiger partial charge < -0.3 is 14.6 Å². The Labute approximate surface area is 85.2 Å². The molecule has 1 aromatic carbocycles. The summed E-state index contributed by atoms with van der Waals surface area (Å²) < 4.78 is 10.2. The van der Waals surface area contributed by atoms with Gasteiger partial charge in [-0.15, -0.1) is 0 Å². The molecule has 0 aromatic heterocycles. The second kappa shape index (κ2) is 3.48. The fraction of sp³-hybridized carbons (Fsp3) is 0.333. The SMILES string of the molecule is O=[N+]([O-])c1ccc(O[C@@]2(CO)CO2)cc1. The number of nitrogens with zero attached hydrogens (tertiary/aromatic N) is 1. The van der Waals surface area contributed by atoms with Crippen molar-refractivity contribution in [1.29, 1.82) is 0 Å². The number of rotatable bonds is 4. The van der Waals surface area contributed by atoms with E-state index in [1.807, 2.05) is 0 Å². The molecule has 1 N–H and O–H groups in total. The van der Waals surface area contributed by atoms with Crippen molar-refractivity contribution >= 4 is 5.69 Å². The summed E-state index contributed by atoms with van der Waals surface area (Å²) >= 11 is 0. The molecule has 1 atom stereocenters. The van der Waals surface area contributed by atoms with Crippen LogP contribution >= 0.6 is 0 Å². The van der Waals surface area contributed by atoms with E-state index < -0.39 is 10.7 Å². The van der Waals surface area contributed by atoms with Crippen LogP contribution < -0.4 is 4.74 Å². The van der Waals surface area contributed by atoms with E-state index in [-0.39, 0.29) is 12.3 Å². The highest BCUT2D eigenvalue weighted by atomic mass is 16.8. The van der Waals surface area contributed by atoms with Gasteiger partial charge in [-0.1, -0.05) is 0 Å².